The summed E-state index contributed by atoms with van der Waals surface area (Å²) in [7, 11) is -4.00. The molecular weight excluding hydrogens is 259 g/mol. The van der Waals surface area contributed by atoms with Crippen molar-refractivity contribution in [1.29, 1.82) is 0 Å². The molecule has 0 aliphatic carbocycles. The number of rotatable bonds is 4. The zero-order valence-corrected chi connectivity index (χ0v) is 10.9. The highest BCUT2D eigenvalue weighted by Gasteiger charge is 2.23. The van der Waals surface area contributed by atoms with Gasteiger partial charge in [-0.3, -0.25) is 4.79 Å². The Morgan fingerprint density at radius 2 is 2.06 bits per heavy atom. The Kier molecular flexibility index (Phi) is 4.28. The third kappa shape index (κ3) is 3.69. The van der Waals surface area contributed by atoms with E-state index >= 15 is 0 Å². The quantitative estimate of drug-likeness (QED) is 0.791. The van der Waals surface area contributed by atoms with Gasteiger partial charge in [0.05, 0.1) is 0 Å². The fraction of sp³-hybridized carbons (Fsp3) is 0.364. The van der Waals surface area contributed by atoms with Crippen LogP contribution in [0.3, 0.4) is 0 Å². The van der Waals surface area contributed by atoms with Crippen LogP contribution in [0.2, 0.25) is 0 Å². The van der Waals surface area contributed by atoms with Crippen molar-refractivity contribution in [3.05, 3.63) is 24.0 Å². The van der Waals surface area contributed by atoms with Crippen LogP contribution in [0.4, 0.5) is 10.1 Å². The normalized spacial score (nSPS) is 11.6. The molecule has 18 heavy (non-hydrogen) atoms. The van der Waals surface area contributed by atoms with Gasteiger partial charge in [0.2, 0.25) is 5.91 Å². The molecule has 0 saturated carbocycles. The number of hydrogen-bond acceptors (Lipinski definition) is 4. The number of halogens is 1. The third-order valence-corrected chi connectivity index (χ3v) is 3.71. The number of nitrogens with two attached hydrogens (primary N) is 1. The van der Waals surface area contributed by atoms with Crippen LogP contribution in [0.25, 0.3) is 0 Å². The Labute approximate surface area is 105 Å². The average molecular weight is 274 g/mol. The molecule has 0 aliphatic rings. The van der Waals surface area contributed by atoms with Gasteiger partial charge in [-0.05, 0) is 32.0 Å². The first-order chi connectivity index (χ1) is 8.22. The van der Waals surface area contributed by atoms with Gasteiger partial charge in [0, 0.05) is 11.7 Å². The fourth-order valence-electron chi connectivity index (χ4n) is 1.38. The maximum Gasteiger partial charge on any atom is 0.235 e. The molecule has 3 N–H and O–H groups in total. The monoisotopic (exact) mass is 274 g/mol. The summed E-state index contributed by atoms with van der Waals surface area (Å²) in [6.07, 6.45) is 0. The molecule has 1 aromatic carbocycles. The maximum atomic E-state index is 13.5. The van der Waals surface area contributed by atoms with Gasteiger partial charge in [0.1, 0.15) is 16.5 Å². The molecule has 0 bridgehead atoms. The number of anilines is 1. The number of sulfone groups is 1. The van der Waals surface area contributed by atoms with E-state index in [0.29, 0.717) is 0 Å². The third-order valence-electron chi connectivity index (χ3n) is 2.06. The summed E-state index contributed by atoms with van der Waals surface area (Å²) in [6, 6.07) is 3.07. The van der Waals surface area contributed by atoms with E-state index in [1.807, 2.05) is 0 Å². The topological polar surface area (TPSA) is 89.3 Å². The second-order valence-electron chi connectivity index (χ2n) is 4.17. The molecule has 1 rings (SSSR count). The summed E-state index contributed by atoms with van der Waals surface area (Å²) < 4.78 is 37.1. The predicted octanol–water partition coefficient (Wildman–Crippen LogP) is 0.706. The Hall–Kier alpha value is -1.63. The van der Waals surface area contributed by atoms with Gasteiger partial charge in [-0.15, -0.1) is 0 Å². The summed E-state index contributed by atoms with van der Waals surface area (Å²) in [5, 5.41) is 2.43. The highest BCUT2D eigenvalue weighted by atomic mass is 32.2. The van der Waals surface area contributed by atoms with E-state index in [-0.39, 0.29) is 11.7 Å². The van der Waals surface area contributed by atoms with Crippen LogP contribution in [-0.2, 0) is 14.6 Å². The first-order valence-corrected chi connectivity index (χ1v) is 6.95. The first kappa shape index (κ1) is 14.4. The Morgan fingerprint density at radius 1 is 1.44 bits per heavy atom. The number of carbonyl (C=O) groups is 1. The van der Waals surface area contributed by atoms with Crippen molar-refractivity contribution in [3.8, 4) is 0 Å². The summed E-state index contributed by atoms with van der Waals surface area (Å²) in [4.78, 5) is 10.9. The van der Waals surface area contributed by atoms with E-state index in [9.17, 15) is 17.6 Å². The minimum Gasteiger partial charge on any atom is -0.399 e. The molecule has 0 atom stereocenters. The van der Waals surface area contributed by atoms with Gasteiger partial charge in [0.15, 0.2) is 9.84 Å². The molecule has 0 heterocycles. The van der Waals surface area contributed by atoms with Crippen LogP contribution < -0.4 is 11.1 Å². The predicted molar refractivity (Wildman–Crippen MR) is 66.1 cm³/mol. The van der Waals surface area contributed by atoms with Gasteiger partial charge in [-0.1, -0.05) is 0 Å². The van der Waals surface area contributed by atoms with Gasteiger partial charge in [0.25, 0.3) is 0 Å². The van der Waals surface area contributed by atoms with Crippen LogP contribution in [0.5, 0.6) is 0 Å². The number of carbonyl (C=O) groups excluding carboxylic acids is 1. The molecule has 0 aliphatic heterocycles. The van der Waals surface area contributed by atoms with Gasteiger partial charge in [-0.25, -0.2) is 12.8 Å². The van der Waals surface area contributed by atoms with Crippen LogP contribution in [0.15, 0.2) is 23.1 Å². The average Bonchev–Trinajstić information content (AvgIpc) is 2.13. The van der Waals surface area contributed by atoms with Crippen molar-refractivity contribution in [2.45, 2.75) is 24.8 Å². The van der Waals surface area contributed by atoms with E-state index in [4.69, 9.17) is 5.73 Å². The molecule has 7 heteroatoms. The van der Waals surface area contributed by atoms with Crippen LogP contribution in [0, 0.1) is 5.82 Å². The van der Waals surface area contributed by atoms with Crippen molar-refractivity contribution in [2.24, 2.45) is 0 Å². The Bertz CT molecular complexity index is 555. The second-order valence-corrected chi connectivity index (χ2v) is 6.13. The van der Waals surface area contributed by atoms with Crippen LogP contribution in [0.1, 0.15) is 13.8 Å². The lowest BCUT2D eigenvalue weighted by atomic mass is 10.3. The van der Waals surface area contributed by atoms with Crippen molar-refractivity contribution in [2.75, 3.05) is 11.5 Å². The zero-order chi connectivity index (χ0) is 13.9. The van der Waals surface area contributed by atoms with Crippen molar-refractivity contribution in [3.63, 3.8) is 0 Å². The SMILES string of the molecule is CC(C)NC(=O)CS(=O)(=O)c1ccc(N)cc1F. The van der Waals surface area contributed by atoms with Gasteiger partial charge >= 0.3 is 0 Å². The summed E-state index contributed by atoms with van der Waals surface area (Å²) in [6.45, 7) is 3.41. The lowest BCUT2D eigenvalue weighted by Gasteiger charge is -2.09. The first-order valence-electron chi connectivity index (χ1n) is 5.29. The minimum absolute atomic E-state index is 0.123. The van der Waals surface area contributed by atoms with E-state index in [2.05, 4.69) is 5.32 Å². The highest BCUT2D eigenvalue weighted by Crippen LogP contribution is 2.18. The molecule has 0 fully saturated rings. The molecule has 0 aromatic heterocycles. The van der Waals surface area contributed by atoms with Crippen LogP contribution >= 0.6 is 0 Å². The number of nitrogens with one attached hydrogen (secondary N) is 1. The van der Waals surface area contributed by atoms with Crippen molar-refractivity contribution < 1.29 is 17.6 Å². The molecular formula is C11H15FN2O3S. The lowest BCUT2D eigenvalue weighted by molar-refractivity contribution is -0.119. The summed E-state index contributed by atoms with van der Waals surface area (Å²) in [5.41, 5.74) is 5.45. The molecule has 1 aromatic rings. The van der Waals surface area contributed by atoms with Crippen molar-refractivity contribution >= 4 is 21.4 Å². The van der Waals surface area contributed by atoms with E-state index < -0.39 is 32.2 Å². The molecule has 1 amide bonds. The molecule has 100 valence electrons. The van der Waals surface area contributed by atoms with Gasteiger partial charge < -0.3 is 11.1 Å². The number of benzene rings is 1. The summed E-state index contributed by atoms with van der Waals surface area (Å²) >= 11 is 0. The largest absolute Gasteiger partial charge is 0.399 e. The molecule has 0 spiro atoms. The van der Waals surface area contributed by atoms with Crippen LogP contribution in [-0.4, -0.2) is 26.1 Å². The number of nitrogen functional groups attached to an aromatic ring is 1. The van der Waals surface area contributed by atoms with E-state index in [1.165, 1.54) is 6.07 Å². The second kappa shape index (κ2) is 5.34. The fourth-order valence-corrected chi connectivity index (χ4v) is 2.60. The lowest BCUT2D eigenvalue weighted by Crippen LogP contribution is -2.35. The molecule has 0 saturated heterocycles. The Morgan fingerprint density at radius 3 is 2.56 bits per heavy atom. The van der Waals surface area contributed by atoms with E-state index in [0.717, 1.165) is 12.1 Å². The standard InChI is InChI=1S/C11H15FN2O3S/c1-7(2)14-11(15)6-18(16,17)10-4-3-8(13)5-9(10)12/h3-5,7H,6,13H2,1-2H3,(H,14,15). The summed E-state index contributed by atoms with van der Waals surface area (Å²) in [5.74, 6) is -2.40. The minimum atomic E-state index is -4.00. The Balaban J connectivity index is 2.97. The van der Waals surface area contributed by atoms with Crippen molar-refractivity contribution in [1.82, 2.24) is 5.32 Å². The number of hydrogen-bond donors (Lipinski definition) is 2. The molecule has 5 nitrogen and oxygen atoms in total. The van der Waals surface area contributed by atoms with E-state index in [1.54, 1.807) is 13.8 Å². The van der Waals surface area contributed by atoms with Gasteiger partial charge in [-0.2, -0.15) is 0 Å². The smallest absolute Gasteiger partial charge is 0.235 e. The number of amides is 1. The molecule has 0 radical (unpaired) electrons. The highest BCUT2D eigenvalue weighted by molar-refractivity contribution is 7.92. The maximum absolute atomic E-state index is 13.5. The zero-order valence-electron chi connectivity index (χ0n) is 10.1. The molecule has 0 unspecified atom stereocenters.